The Kier molecular flexibility index (Phi) is 3.58. The summed E-state index contributed by atoms with van der Waals surface area (Å²) in [5.41, 5.74) is -0.141. The van der Waals surface area contributed by atoms with Gasteiger partial charge < -0.3 is 4.74 Å². The summed E-state index contributed by atoms with van der Waals surface area (Å²) < 4.78 is 6.73. The minimum Gasteiger partial charge on any atom is -0.465 e. The highest BCUT2D eigenvalue weighted by atomic mass is 32.1. The minimum atomic E-state index is -0.375. The van der Waals surface area contributed by atoms with E-state index < -0.39 is 0 Å². The van der Waals surface area contributed by atoms with Gasteiger partial charge in [0, 0.05) is 5.41 Å². The van der Waals surface area contributed by atoms with Crippen LogP contribution in [-0.2, 0) is 14.9 Å². The van der Waals surface area contributed by atoms with Crippen LogP contribution in [0.25, 0.3) is 4.96 Å². The molecule has 104 valence electrons. The zero-order valence-corrected chi connectivity index (χ0v) is 12.6. The summed E-state index contributed by atoms with van der Waals surface area (Å²) in [4.78, 5) is 12.4. The molecular formula is C12H18N4O2S. The number of ether oxygens (including phenoxy) is 1. The first-order valence-corrected chi connectivity index (χ1v) is 7.05. The highest BCUT2D eigenvalue weighted by molar-refractivity contribution is 7.16. The average Bonchev–Trinajstić information content (AvgIpc) is 2.85. The standard InChI is InChI=1S/C12H18N4O2S/c1-6-18-9(17)7(2)8-15-16-10(12(3,4)5)13-14-11(16)19-8/h7H,6H2,1-5H3. The van der Waals surface area contributed by atoms with Crippen molar-refractivity contribution in [1.29, 1.82) is 0 Å². The Morgan fingerprint density at radius 1 is 1.42 bits per heavy atom. The molecule has 0 amide bonds. The molecule has 0 N–H and O–H groups in total. The van der Waals surface area contributed by atoms with Crippen molar-refractivity contribution in [3.63, 3.8) is 0 Å². The monoisotopic (exact) mass is 282 g/mol. The smallest absolute Gasteiger partial charge is 0.315 e. The molecule has 0 aliphatic rings. The fraction of sp³-hybridized carbons (Fsp3) is 0.667. The second kappa shape index (κ2) is 4.88. The molecule has 0 saturated carbocycles. The summed E-state index contributed by atoms with van der Waals surface area (Å²) >= 11 is 1.37. The first-order valence-electron chi connectivity index (χ1n) is 6.24. The summed E-state index contributed by atoms with van der Waals surface area (Å²) in [6.45, 7) is 10.1. The summed E-state index contributed by atoms with van der Waals surface area (Å²) in [6, 6.07) is 0. The molecule has 2 aromatic heterocycles. The number of aromatic nitrogens is 4. The van der Waals surface area contributed by atoms with E-state index in [1.165, 1.54) is 11.3 Å². The lowest BCUT2D eigenvalue weighted by molar-refractivity contribution is -0.144. The lowest BCUT2D eigenvalue weighted by Crippen LogP contribution is -2.17. The molecule has 2 aromatic rings. The molecule has 6 nitrogen and oxygen atoms in total. The van der Waals surface area contributed by atoms with Crippen molar-refractivity contribution in [3.05, 3.63) is 10.8 Å². The van der Waals surface area contributed by atoms with Crippen molar-refractivity contribution in [2.24, 2.45) is 0 Å². The van der Waals surface area contributed by atoms with Crippen molar-refractivity contribution in [2.75, 3.05) is 6.61 Å². The largest absolute Gasteiger partial charge is 0.465 e. The summed E-state index contributed by atoms with van der Waals surface area (Å²) in [5, 5.41) is 13.4. The van der Waals surface area contributed by atoms with Crippen molar-refractivity contribution < 1.29 is 9.53 Å². The van der Waals surface area contributed by atoms with Crippen molar-refractivity contribution in [1.82, 2.24) is 19.8 Å². The predicted octanol–water partition coefficient (Wildman–Crippen LogP) is 2.15. The maximum Gasteiger partial charge on any atom is 0.315 e. The van der Waals surface area contributed by atoms with E-state index in [4.69, 9.17) is 4.74 Å². The van der Waals surface area contributed by atoms with Gasteiger partial charge in [-0.1, -0.05) is 32.1 Å². The summed E-state index contributed by atoms with van der Waals surface area (Å²) in [7, 11) is 0. The van der Waals surface area contributed by atoms with Crippen molar-refractivity contribution in [2.45, 2.75) is 46.0 Å². The quantitative estimate of drug-likeness (QED) is 0.807. The third-order valence-corrected chi connectivity index (χ3v) is 3.77. The average molecular weight is 282 g/mol. The van der Waals surface area contributed by atoms with Gasteiger partial charge in [-0.15, -0.1) is 10.2 Å². The SMILES string of the molecule is CCOC(=O)C(C)c1nn2c(C(C)(C)C)nnc2s1. The zero-order valence-electron chi connectivity index (χ0n) is 11.8. The number of nitrogens with zero attached hydrogens (tertiary/aromatic N) is 4. The zero-order chi connectivity index (χ0) is 14.2. The first kappa shape index (κ1) is 13.9. The Balaban J connectivity index is 2.37. The number of rotatable bonds is 3. The first-order chi connectivity index (χ1) is 8.84. The predicted molar refractivity (Wildman–Crippen MR) is 72.4 cm³/mol. The molecule has 0 aliphatic heterocycles. The van der Waals surface area contributed by atoms with Gasteiger partial charge in [-0.05, 0) is 13.8 Å². The van der Waals surface area contributed by atoms with E-state index in [0.717, 1.165) is 5.82 Å². The van der Waals surface area contributed by atoms with Crippen LogP contribution in [0.4, 0.5) is 0 Å². The van der Waals surface area contributed by atoms with Gasteiger partial charge in [-0.2, -0.15) is 9.61 Å². The number of fused-ring (bicyclic) bond motifs is 1. The Morgan fingerprint density at radius 3 is 2.68 bits per heavy atom. The Morgan fingerprint density at radius 2 is 2.11 bits per heavy atom. The third kappa shape index (κ3) is 2.60. The van der Waals surface area contributed by atoms with E-state index in [1.54, 1.807) is 18.4 Å². The van der Waals surface area contributed by atoms with E-state index in [-0.39, 0.29) is 17.3 Å². The molecule has 0 aliphatic carbocycles. The number of hydrogen-bond acceptors (Lipinski definition) is 6. The van der Waals surface area contributed by atoms with E-state index in [0.29, 0.717) is 16.6 Å². The lowest BCUT2D eigenvalue weighted by Gasteiger charge is -2.13. The molecule has 0 radical (unpaired) electrons. The van der Waals surface area contributed by atoms with Crippen LogP contribution >= 0.6 is 11.3 Å². The molecule has 2 heterocycles. The maximum atomic E-state index is 11.7. The van der Waals surface area contributed by atoms with Crippen LogP contribution in [0, 0.1) is 0 Å². The molecule has 0 aromatic carbocycles. The van der Waals surface area contributed by atoms with E-state index in [9.17, 15) is 4.79 Å². The normalized spacial score (nSPS) is 13.7. The van der Waals surface area contributed by atoms with E-state index in [1.807, 2.05) is 0 Å². The molecule has 2 rings (SSSR count). The molecule has 0 saturated heterocycles. The van der Waals surface area contributed by atoms with Crippen LogP contribution in [-0.4, -0.2) is 32.4 Å². The van der Waals surface area contributed by atoms with Gasteiger partial charge in [0.2, 0.25) is 4.96 Å². The number of carbonyl (C=O) groups excluding carboxylic acids is 1. The van der Waals surface area contributed by atoms with E-state index in [2.05, 4.69) is 36.1 Å². The van der Waals surface area contributed by atoms with Crippen LogP contribution in [0.1, 0.15) is 51.4 Å². The van der Waals surface area contributed by atoms with Crippen LogP contribution < -0.4 is 0 Å². The third-order valence-electron chi connectivity index (χ3n) is 2.69. The van der Waals surface area contributed by atoms with Gasteiger partial charge in [-0.25, -0.2) is 0 Å². The van der Waals surface area contributed by atoms with Gasteiger partial charge in [0.25, 0.3) is 0 Å². The number of carbonyl (C=O) groups is 1. The molecular weight excluding hydrogens is 264 g/mol. The molecule has 1 unspecified atom stereocenters. The van der Waals surface area contributed by atoms with Crippen LogP contribution in [0.3, 0.4) is 0 Å². The van der Waals surface area contributed by atoms with Gasteiger partial charge >= 0.3 is 5.97 Å². The van der Waals surface area contributed by atoms with Crippen molar-refractivity contribution >= 4 is 22.3 Å². The topological polar surface area (TPSA) is 69.4 Å². The highest BCUT2D eigenvalue weighted by Gasteiger charge is 2.26. The summed E-state index contributed by atoms with van der Waals surface area (Å²) in [6.07, 6.45) is 0. The Labute approximate surface area is 115 Å². The van der Waals surface area contributed by atoms with Gasteiger partial charge in [0.15, 0.2) is 5.82 Å². The van der Waals surface area contributed by atoms with Crippen molar-refractivity contribution in [3.8, 4) is 0 Å². The Hall–Kier alpha value is -1.50. The van der Waals surface area contributed by atoms with Crippen LogP contribution in [0.15, 0.2) is 0 Å². The van der Waals surface area contributed by atoms with Crippen LogP contribution in [0.5, 0.6) is 0 Å². The molecule has 19 heavy (non-hydrogen) atoms. The molecule has 0 fully saturated rings. The van der Waals surface area contributed by atoms with E-state index >= 15 is 0 Å². The minimum absolute atomic E-state index is 0.141. The number of hydrogen-bond donors (Lipinski definition) is 0. The lowest BCUT2D eigenvalue weighted by atomic mass is 9.96. The van der Waals surface area contributed by atoms with Crippen LogP contribution in [0.2, 0.25) is 0 Å². The molecule has 1 atom stereocenters. The highest BCUT2D eigenvalue weighted by Crippen LogP contribution is 2.27. The fourth-order valence-electron chi connectivity index (χ4n) is 1.64. The fourth-order valence-corrected chi connectivity index (χ4v) is 2.52. The second-order valence-electron chi connectivity index (χ2n) is 5.38. The van der Waals surface area contributed by atoms with Gasteiger partial charge in [-0.3, -0.25) is 4.79 Å². The maximum absolute atomic E-state index is 11.7. The molecule has 7 heteroatoms. The molecule has 0 spiro atoms. The Bertz CT molecular complexity index is 596. The van der Waals surface area contributed by atoms with Gasteiger partial charge in [0.05, 0.1) is 6.61 Å². The van der Waals surface area contributed by atoms with Gasteiger partial charge in [0.1, 0.15) is 10.9 Å². The summed E-state index contributed by atoms with van der Waals surface area (Å²) in [5.74, 6) is 0.158. The second-order valence-corrected chi connectivity index (χ2v) is 6.37. The molecule has 0 bridgehead atoms. The number of esters is 1.